The second-order valence-electron chi connectivity index (χ2n) is 3.38. The number of hydrogen-bond acceptors (Lipinski definition) is 1. The van der Waals surface area contributed by atoms with E-state index in [0.29, 0.717) is 12.4 Å². The van der Waals surface area contributed by atoms with Gasteiger partial charge in [-0.1, -0.05) is 38.0 Å². The van der Waals surface area contributed by atoms with E-state index in [2.05, 4.69) is 13.0 Å². The van der Waals surface area contributed by atoms with Crippen molar-refractivity contribution >= 4 is 0 Å². The van der Waals surface area contributed by atoms with E-state index in [0.717, 1.165) is 6.42 Å². The van der Waals surface area contributed by atoms with Crippen LogP contribution in [-0.2, 0) is 0 Å². The Kier molecular flexibility index (Phi) is 5.52. The van der Waals surface area contributed by atoms with Crippen molar-refractivity contribution < 1.29 is 9.13 Å². The first-order valence-electron chi connectivity index (χ1n) is 5.36. The molecule has 1 nitrogen and oxygen atoms in total. The summed E-state index contributed by atoms with van der Waals surface area (Å²) in [7, 11) is 0. The van der Waals surface area contributed by atoms with Gasteiger partial charge in [0, 0.05) is 6.07 Å². The van der Waals surface area contributed by atoms with E-state index in [1.54, 1.807) is 12.1 Å². The second-order valence-corrected chi connectivity index (χ2v) is 3.38. The van der Waals surface area contributed by atoms with Crippen LogP contribution in [0, 0.1) is 5.82 Å². The Balaban J connectivity index is 2.22. The van der Waals surface area contributed by atoms with Gasteiger partial charge < -0.3 is 4.74 Å². The van der Waals surface area contributed by atoms with Crippen molar-refractivity contribution in [2.24, 2.45) is 0 Å². The van der Waals surface area contributed by atoms with Gasteiger partial charge in [0.15, 0.2) is 0 Å². The lowest BCUT2D eigenvalue weighted by Gasteiger charge is -2.02. The molecule has 0 aromatic heterocycles. The summed E-state index contributed by atoms with van der Waals surface area (Å²) in [6, 6.07) is 6.19. The number of ether oxygens (including phenoxy) is 1. The van der Waals surface area contributed by atoms with E-state index >= 15 is 0 Å². The predicted octanol–water partition coefficient (Wildman–Crippen LogP) is 3.95. The van der Waals surface area contributed by atoms with Gasteiger partial charge in [-0.3, -0.25) is 0 Å². The van der Waals surface area contributed by atoms with Crippen molar-refractivity contribution in [3.63, 3.8) is 0 Å². The van der Waals surface area contributed by atoms with E-state index in [9.17, 15) is 4.39 Å². The van der Waals surface area contributed by atoms with E-state index in [-0.39, 0.29) is 5.82 Å². The molecule has 0 heterocycles. The number of benzene rings is 1. The Hall–Kier alpha value is -1.31. The largest absolute Gasteiger partial charge is 0.489 e. The van der Waals surface area contributed by atoms with Crippen LogP contribution in [-0.4, -0.2) is 6.61 Å². The average Bonchev–Trinajstić information content (AvgIpc) is 2.23. The Morgan fingerprint density at radius 2 is 2.20 bits per heavy atom. The minimum atomic E-state index is -0.262. The summed E-state index contributed by atoms with van der Waals surface area (Å²) in [5, 5.41) is 0. The Bertz CT molecular complexity index is 307. The van der Waals surface area contributed by atoms with Crippen molar-refractivity contribution in [2.75, 3.05) is 6.61 Å². The van der Waals surface area contributed by atoms with Crippen molar-refractivity contribution in [1.82, 2.24) is 0 Å². The van der Waals surface area contributed by atoms with Gasteiger partial charge in [0.05, 0.1) is 0 Å². The van der Waals surface area contributed by atoms with Crippen LogP contribution in [0.1, 0.15) is 26.2 Å². The van der Waals surface area contributed by atoms with Crippen LogP contribution in [0.3, 0.4) is 0 Å². The molecule has 0 aliphatic carbocycles. The lowest BCUT2D eigenvalue weighted by Crippen LogP contribution is -1.93. The Morgan fingerprint density at radius 1 is 1.33 bits per heavy atom. The molecule has 0 unspecified atom stereocenters. The number of unbranched alkanes of at least 4 members (excludes halogenated alkanes) is 2. The topological polar surface area (TPSA) is 9.23 Å². The zero-order chi connectivity index (χ0) is 10.9. The van der Waals surface area contributed by atoms with Crippen molar-refractivity contribution in [3.05, 3.63) is 42.2 Å². The van der Waals surface area contributed by atoms with Gasteiger partial charge in [0.2, 0.25) is 0 Å². The highest BCUT2D eigenvalue weighted by molar-refractivity contribution is 5.22. The summed E-state index contributed by atoms with van der Waals surface area (Å²) in [6.07, 6.45) is 7.57. The number of halogens is 1. The summed E-state index contributed by atoms with van der Waals surface area (Å²) in [4.78, 5) is 0. The summed E-state index contributed by atoms with van der Waals surface area (Å²) in [6.45, 7) is 2.67. The molecule has 15 heavy (non-hydrogen) atoms. The van der Waals surface area contributed by atoms with E-state index in [1.165, 1.54) is 25.0 Å². The molecule has 0 atom stereocenters. The third-order valence-corrected chi connectivity index (χ3v) is 2.03. The standard InChI is InChI=1S/C13H17FO/c1-2-3-4-5-6-10-15-13-9-7-8-12(14)11-13/h5-9,11H,2-4,10H2,1H3. The zero-order valence-electron chi connectivity index (χ0n) is 9.08. The normalized spacial score (nSPS) is 10.8. The third kappa shape index (κ3) is 5.21. The minimum absolute atomic E-state index is 0.262. The molecule has 1 aromatic carbocycles. The van der Waals surface area contributed by atoms with Gasteiger partial charge in [-0.2, -0.15) is 0 Å². The van der Waals surface area contributed by atoms with Crippen LogP contribution in [0.4, 0.5) is 4.39 Å². The van der Waals surface area contributed by atoms with Crippen LogP contribution in [0.5, 0.6) is 5.75 Å². The van der Waals surface area contributed by atoms with E-state index in [1.807, 2.05) is 6.08 Å². The molecule has 1 aromatic rings. The molecule has 0 saturated heterocycles. The zero-order valence-corrected chi connectivity index (χ0v) is 9.08. The van der Waals surface area contributed by atoms with Crippen molar-refractivity contribution in [1.29, 1.82) is 0 Å². The average molecular weight is 208 g/mol. The first kappa shape index (κ1) is 11.8. The van der Waals surface area contributed by atoms with Gasteiger partial charge in [0.25, 0.3) is 0 Å². The predicted molar refractivity (Wildman–Crippen MR) is 60.6 cm³/mol. The van der Waals surface area contributed by atoms with Crippen LogP contribution in [0.15, 0.2) is 36.4 Å². The fourth-order valence-corrected chi connectivity index (χ4v) is 1.21. The number of allylic oxidation sites excluding steroid dienone is 1. The first-order valence-corrected chi connectivity index (χ1v) is 5.36. The fraction of sp³-hybridized carbons (Fsp3) is 0.385. The SMILES string of the molecule is CCCCC=CCOc1cccc(F)c1. The molecule has 0 fully saturated rings. The van der Waals surface area contributed by atoms with Crippen LogP contribution >= 0.6 is 0 Å². The molecule has 0 radical (unpaired) electrons. The minimum Gasteiger partial charge on any atom is -0.489 e. The van der Waals surface area contributed by atoms with E-state index < -0.39 is 0 Å². The Morgan fingerprint density at radius 3 is 2.93 bits per heavy atom. The highest BCUT2D eigenvalue weighted by Crippen LogP contribution is 2.11. The quantitative estimate of drug-likeness (QED) is 0.508. The molecular formula is C13H17FO. The van der Waals surface area contributed by atoms with Gasteiger partial charge in [-0.05, 0) is 18.6 Å². The maximum atomic E-state index is 12.7. The molecule has 2 heteroatoms. The molecule has 0 spiro atoms. The van der Waals surface area contributed by atoms with Gasteiger partial charge in [0.1, 0.15) is 18.2 Å². The second kappa shape index (κ2) is 7.04. The highest BCUT2D eigenvalue weighted by Gasteiger charge is 1.93. The lowest BCUT2D eigenvalue weighted by molar-refractivity contribution is 0.360. The molecule has 0 aliphatic rings. The highest BCUT2D eigenvalue weighted by atomic mass is 19.1. The van der Waals surface area contributed by atoms with E-state index in [4.69, 9.17) is 4.74 Å². The molecule has 1 rings (SSSR count). The molecular weight excluding hydrogens is 191 g/mol. The number of rotatable bonds is 6. The fourth-order valence-electron chi connectivity index (χ4n) is 1.21. The molecule has 0 amide bonds. The van der Waals surface area contributed by atoms with Crippen LogP contribution in [0.2, 0.25) is 0 Å². The maximum absolute atomic E-state index is 12.7. The van der Waals surface area contributed by atoms with Gasteiger partial charge >= 0.3 is 0 Å². The molecule has 82 valence electrons. The summed E-state index contributed by atoms with van der Waals surface area (Å²) in [5.74, 6) is 0.317. The molecule has 0 N–H and O–H groups in total. The van der Waals surface area contributed by atoms with Crippen LogP contribution < -0.4 is 4.74 Å². The first-order chi connectivity index (χ1) is 7.33. The van der Waals surface area contributed by atoms with Crippen molar-refractivity contribution in [3.8, 4) is 5.75 Å². The number of hydrogen-bond donors (Lipinski definition) is 0. The Labute approximate surface area is 90.6 Å². The van der Waals surface area contributed by atoms with Gasteiger partial charge in [-0.15, -0.1) is 0 Å². The third-order valence-electron chi connectivity index (χ3n) is 2.03. The summed E-state index contributed by atoms with van der Waals surface area (Å²) < 4.78 is 18.1. The maximum Gasteiger partial charge on any atom is 0.126 e. The molecule has 0 saturated carbocycles. The lowest BCUT2D eigenvalue weighted by atomic mass is 10.2. The molecule has 0 aliphatic heterocycles. The molecule has 0 bridgehead atoms. The summed E-state index contributed by atoms with van der Waals surface area (Å²) in [5.41, 5.74) is 0. The monoisotopic (exact) mass is 208 g/mol. The smallest absolute Gasteiger partial charge is 0.126 e. The van der Waals surface area contributed by atoms with Crippen molar-refractivity contribution in [2.45, 2.75) is 26.2 Å². The summed E-state index contributed by atoms with van der Waals surface area (Å²) >= 11 is 0. The van der Waals surface area contributed by atoms with Gasteiger partial charge in [-0.25, -0.2) is 4.39 Å². The van der Waals surface area contributed by atoms with Crippen LogP contribution in [0.25, 0.3) is 0 Å².